The van der Waals surface area contributed by atoms with Gasteiger partial charge in [0.2, 0.25) is 0 Å². The van der Waals surface area contributed by atoms with Gasteiger partial charge in [-0.2, -0.15) is 0 Å². The molecule has 1 heterocycles. The van der Waals surface area contributed by atoms with Crippen molar-refractivity contribution in [2.75, 3.05) is 6.54 Å². The minimum atomic E-state index is -0.818. The van der Waals surface area contributed by atoms with Crippen molar-refractivity contribution >= 4 is 5.97 Å². The van der Waals surface area contributed by atoms with Crippen molar-refractivity contribution in [1.29, 1.82) is 0 Å². The van der Waals surface area contributed by atoms with Crippen LogP contribution in [-0.2, 0) is 4.79 Å². The number of aliphatic carboxylic acids is 1. The molecule has 1 saturated heterocycles. The SMILES string of the molecule is C[C@]1(C(=O)O)NCCC1c1ccccc1. The summed E-state index contributed by atoms with van der Waals surface area (Å²) < 4.78 is 0. The Balaban J connectivity index is 2.34. The second kappa shape index (κ2) is 3.66. The Kier molecular flexibility index (Phi) is 2.49. The topological polar surface area (TPSA) is 49.3 Å². The first-order valence-electron chi connectivity index (χ1n) is 5.18. The molecule has 15 heavy (non-hydrogen) atoms. The molecule has 1 unspecified atom stereocenters. The van der Waals surface area contributed by atoms with Gasteiger partial charge in [-0.1, -0.05) is 30.3 Å². The number of nitrogens with one attached hydrogen (secondary N) is 1. The summed E-state index contributed by atoms with van der Waals surface area (Å²) in [5.74, 6) is -0.704. The van der Waals surface area contributed by atoms with Crippen LogP contribution in [0.4, 0.5) is 0 Å². The van der Waals surface area contributed by atoms with Crippen LogP contribution >= 0.6 is 0 Å². The molecular weight excluding hydrogens is 190 g/mol. The predicted octanol–water partition coefficient (Wildman–Crippen LogP) is 1.61. The van der Waals surface area contributed by atoms with Crippen LogP contribution in [0.15, 0.2) is 30.3 Å². The number of benzene rings is 1. The molecule has 1 aliphatic heterocycles. The fourth-order valence-corrected chi connectivity index (χ4v) is 2.30. The van der Waals surface area contributed by atoms with Gasteiger partial charge in [0.05, 0.1) is 0 Å². The molecule has 0 amide bonds. The maximum absolute atomic E-state index is 11.2. The molecule has 80 valence electrons. The van der Waals surface area contributed by atoms with E-state index >= 15 is 0 Å². The second-order valence-electron chi connectivity index (χ2n) is 4.19. The first-order valence-corrected chi connectivity index (χ1v) is 5.18. The fraction of sp³-hybridized carbons (Fsp3) is 0.417. The lowest BCUT2D eigenvalue weighted by Gasteiger charge is -2.27. The van der Waals surface area contributed by atoms with Gasteiger partial charge in [0.1, 0.15) is 5.54 Å². The molecule has 0 aliphatic carbocycles. The van der Waals surface area contributed by atoms with Crippen LogP contribution in [-0.4, -0.2) is 23.2 Å². The molecule has 1 aliphatic rings. The van der Waals surface area contributed by atoms with E-state index in [1.165, 1.54) is 0 Å². The molecular formula is C12H15NO2. The molecule has 0 spiro atoms. The average molecular weight is 205 g/mol. The summed E-state index contributed by atoms with van der Waals surface area (Å²) in [6.07, 6.45) is 0.882. The van der Waals surface area contributed by atoms with Gasteiger partial charge in [-0.25, -0.2) is 0 Å². The van der Waals surface area contributed by atoms with E-state index in [-0.39, 0.29) is 5.92 Å². The van der Waals surface area contributed by atoms with E-state index < -0.39 is 11.5 Å². The Morgan fingerprint density at radius 3 is 2.73 bits per heavy atom. The summed E-state index contributed by atoms with van der Waals surface area (Å²) in [7, 11) is 0. The lowest BCUT2D eigenvalue weighted by atomic mass is 9.82. The number of carbonyl (C=O) groups is 1. The molecule has 0 radical (unpaired) electrons. The normalized spacial score (nSPS) is 30.3. The third kappa shape index (κ3) is 1.63. The molecule has 1 fully saturated rings. The van der Waals surface area contributed by atoms with Gasteiger partial charge in [0.25, 0.3) is 0 Å². The van der Waals surface area contributed by atoms with Crippen LogP contribution in [0.2, 0.25) is 0 Å². The molecule has 0 bridgehead atoms. The van der Waals surface area contributed by atoms with Crippen molar-refractivity contribution in [1.82, 2.24) is 5.32 Å². The molecule has 0 saturated carbocycles. The molecule has 1 aromatic rings. The summed E-state index contributed by atoms with van der Waals surface area (Å²) in [6.45, 7) is 2.53. The van der Waals surface area contributed by atoms with Crippen molar-refractivity contribution in [3.8, 4) is 0 Å². The lowest BCUT2D eigenvalue weighted by Crippen LogP contribution is -2.48. The predicted molar refractivity (Wildman–Crippen MR) is 57.8 cm³/mol. The molecule has 1 aromatic carbocycles. The zero-order chi connectivity index (χ0) is 10.9. The van der Waals surface area contributed by atoms with E-state index in [2.05, 4.69) is 5.32 Å². The van der Waals surface area contributed by atoms with Gasteiger partial charge in [0, 0.05) is 5.92 Å². The quantitative estimate of drug-likeness (QED) is 0.771. The van der Waals surface area contributed by atoms with Crippen molar-refractivity contribution < 1.29 is 9.90 Å². The van der Waals surface area contributed by atoms with E-state index in [1.807, 2.05) is 30.3 Å². The number of carboxylic acid groups (broad SMARTS) is 1. The zero-order valence-corrected chi connectivity index (χ0v) is 8.73. The lowest BCUT2D eigenvalue weighted by molar-refractivity contribution is -0.144. The highest BCUT2D eigenvalue weighted by Gasteiger charge is 2.45. The van der Waals surface area contributed by atoms with E-state index in [4.69, 9.17) is 0 Å². The van der Waals surface area contributed by atoms with Crippen molar-refractivity contribution in [2.45, 2.75) is 24.8 Å². The summed E-state index contributed by atoms with van der Waals surface area (Å²) in [6, 6.07) is 9.85. The fourth-order valence-electron chi connectivity index (χ4n) is 2.30. The highest BCUT2D eigenvalue weighted by atomic mass is 16.4. The molecule has 2 atom stereocenters. The van der Waals surface area contributed by atoms with Gasteiger partial charge in [-0.3, -0.25) is 4.79 Å². The van der Waals surface area contributed by atoms with Gasteiger partial charge < -0.3 is 10.4 Å². The van der Waals surface area contributed by atoms with Crippen LogP contribution < -0.4 is 5.32 Å². The van der Waals surface area contributed by atoms with E-state index in [9.17, 15) is 9.90 Å². The third-order valence-electron chi connectivity index (χ3n) is 3.27. The van der Waals surface area contributed by atoms with Crippen LogP contribution in [0.3, 0.4) is 0 Å². The molecule has 3 heteroatoms. The van der Waals surface area contributed by atoms with Crippen molar-refractivity contribution in [3.63, 3.8) is 0 Å². The smallest absolute Gasteiger partial charge is 0.324 e. The first kappa shape index (κ1) is 10.2. The highest BCUT2D eigenvalue weighted by Crippen LogP contribution is 2.35. The minimum Gasteiger partial charge on any atom is -0.480 e. The van der Waals surface area contributed by atoms with Crippen LogP contribution in [0.25, 0.3) is 0 Å². The van der Waals surface area contributed by atoms with Crippen LogP contribution in [0.1, 0.15) is 24.8 Å². The standard InChI is InChI=1S/C12H15NO2/c1-12(11(14)15)10(7-8-13-12)9-5-3-2-4-6-9/h2-6,10,13H,7-8H2,1H3,(H,14,15)/t10?,12-/m0/s1. The molecule has 3 nitrogen and oxygen atoms in total. The van der Waals surface area contributed by atoms with E-state index in [1.54, 1.807) is 6.92 Å². The highest BCUT2D eigenvalue weighted by molar-refractivity contribution is 5.80. The van der Waals surface area contributed by atoms with E-state index in [0.29, 0.717) is 0 Å². The van der Waals surface area contributed by atoms with Crippen LogP contribution in [0, 0.1) is 0 Å². The van der Waals surface area contributed by atoms with E-state index in [0.717, 1.165) is 18.5 Å². The largest absolute Gasteiger partial charge is 0.480 e. The Morgan fingerprint density at radius 1 is 1.47 bits per heavy atom. The summed E-state index contributed by atoms with van der Waals surface area (Å²) >= 11 is 0. The molecule has 2 N–H and O–H groups in total. The van der Waals surface area contributed by atoms with Gasteiger partial charge in [0.15, 0.2) is 0 Å². The van der Waals surface area contributed by atoms with Gasteiger partial charge in [-0.15, -0.1) is 0 Å². The minimum absolute atomic E-state index is 0.0659. The molecule has 2 rings (SSSR count). The summed E-state index contributed by atoms with van der Waals surface area (Å²) in [4.78, 5) is 11.2. The zero-order valence-electron chi connectivity index (χ0n) is 8.73. The van der Waals surface area contributed by atoms with Crippen LogP contribution in [0.5, 0.6) is 0 Å². The summed E-state index contributed by atoms with van der Waals surface area (Å²) in [5.41, 5.74) is 0.286. The monoisotopic (exact) mass is 205 g/mol. The van der Waals surface area contributed by atoms with Gasteiger partial charge >= 0.3 is 5.97 Å². The number of rotatable bonds is 2. The van der Waals surface area contributed by atoms with Crippen molar-refractivity contribution in [2.24, 2.45) is 0 Å². The van der Waals surface area contributed by atoms with Gasteiger partial charge in [-0.05, 0) is 25.5 Å². The third-order valence-corrected chi connectivity index (χ3v) is 3.27. The average Bonchev–Trinajstić information content (AvgIpc) is 2.63. The summed E-state index contributed by atoms with van der Waals surface area (Å²) in [5, 5.41) is 12.3. The Bertz CT molecular complexity index is 363. The Morgan fingerprint density at radius 2 is 2.13 bits per heavy atom. The number of hydrogen-bond acceptors (Lipinski definition) is 2. The first-order chi connectivity index (χ1) is 7.14. The van der Waals surface area contributed by atoms with Crippen molar-refractivity contribution in [3.05, 3.63) is 35.9 Å². The maximum Gasteiger partial charge on any atom is 0.324 e. The second-order valence-corrected chi connectivity index (χ2v) is 4.19. The Labute approximate surface area is 89.1 Å². The number of carboxylic acids is 1. The maximum atomic E-state index is 11.2. The Hall–Kier alpha value is -1.35. The number of hydrogen-bond donors (Lipinski definition) is 2. The molecule has 0 aromatic heterocycles.